The number of fused-ring (bicyclic) bond motifs is 2. The summed E-state index contributed by atoms with van der Waals surface area (Å²) < 4.78 is 65.6. The second-order valence-electron chi connectivity index (χ2n) is 16.0. The van der Waals surface area contributed by atoms with E-state index in [2.05, 4.69) is 50.7 Å². The van der Waals surface area contributed by atoms with Gasteiger partial charge in [0.15, 0.2) is 0 Å². The highest BCUT2D eigenvalue weighted by atomic mass is 35.7. The van der Waals surface area contributed by atoms with Gasteiger partial charge in [0, 0.05) is 73.4 Å². The standard InChI is InChI=1S/C21H27N3O3S.C17H23ClN2O3S/c1-21(2,3)20-22-18-14-17(28(25,26)23-10-4-5-11-23)6-7-19(18)24(20)15-16-8-12-27-13-9-16;1-17(2,3)16-19-14-10-13(24(18,21)22)4-5-15(14)20(16)11-12-6-8-23-9-7-12/h4-7,10-11,14,16H,8-9,12-13,15H2,1-3H3;4-5,10,12H,6-9,11H2,1-3H3. The van der Waals surface area contributed by atoms with Crippen molar-refractivity contribution < 1.29 is 26.3 Å². The van der Waals surface area contributed by atoms with Crippen molar-refractivity contribution in [3.63, 3.8) is 0 Å². The number of ether oxygens (including phenoxy) is 2. The minimum Gasteiger partial charge on any atom is -0.381 e. The Morgan fingerprint density at radius 3 is 1.48 bits per heavy atom. The summed E-state index contributed by atoms with van der Waals surface area (Å²) in [5.41, 5.74) is 3.07. The molecule has 14 heteroatoms. The summed E-state index contributed by atoms with van der Waals surface area (Å²) in [6.45, 7) is 17.8. The Morgan fingerprint density at radius 2 is 1.08 bits per heavy atom. The highest BCUT2D eigenvalue weighted by Gasteiger charge is 2.28. The van der Waals surface area contributed by atoms with E-state index >= 15 is 0 Å². The molecule has 2 fully saturated rings. The van der Waals surface area contributed by atoms with Gasteiger partial charge in [0.05, 0.1) is 31.9 Å². The largest absolute Gasteiger partial charge is 0.381 e. The van der Waals surface area contributed by atoms with Crippen LogP contribution in [0.3, 0.4) is 0 Å². The van der Waals surface area contributed by atoms with Crippen LogP contribution in [0.15, 0.2) is 70.7 Å². The van der Waals surface area contributed by atoms with Crippen molar-refractivity contribution in [2.75, 3.05) is 26.4 Å². The monoisotopic (exact) mass is 771 g/mol. The molecule has 0 spiro atoms. The van der Waals surface area contributed by atoms with Gasteiger partial charge in [-0.05, 0) is 86.1 Å². The van der Waals surface area contributed by atoms with Gasteiger partial charge < -0.3 is 18.6 Å². The predicted molar refractivity (Wildman–Crippen MR) is 204 cm³/mol. The summed E-state index contributed by atoms with van der Waals surface area (Å²) >= 11 is 0. The maximum absolute atomic E-state index is 12.9. The fourth-order valence-corrected chi connectivity index (χ4v) is 9.00. The lowest BCUT2D eigenvalue weighted by molar-refractivity contribution is 0.0610. The topological polar surface area (TPSA) is 127 Å². The van der Waals surface area contributed by atoms with E-state index in [9.17, 15) is 16.8 Å². The molecule has 7 rings (SSSR count). The maximum atomic E-state index is 12.9. The van der Waals surface area contributed by atoms with Gasteiger partial charge in [0.1, 0.15) is 11.6 Å². The molecule has 2 aromatic carbocycles. The number of halogens is 1. The van der Waals surface area contributed by atoms with Crippen LogP contribution in [0.2, 0.25) is 0 Å². The normalized spacial score (nSPS) is 17.1. The van der Waals surface area contributed by atoms with E-state index in [0.29, 0.717) is 17.4 Å². The number of benzene rings is 2. The van der Waals surface area contributed by atoms with Gasteiger partial charge in [-0.2, -0.15) is 0 Å². The fraction of sp³-hybridized carbons (Fsp3) is 0.526. The number of hydrogen-bond donors (Lipinski definition) is 0. The van der Waals surface area contributed by atoms with Crippen LogP contribution in [-0.4, -0.2) is 66.3 Å². The molecule has 0 saturated carbocycles. The third kappa shape index (κ3) is 8.44. The van der Waals surface area contributed by atoms with E-state index in [4.69, 9.17) is 30.1 Å². The molecule has 0 aliphatic carbocycles. The molecule has 0 radical (unpaired) electrons. The van der Waals surface area contributed by atoms with Crippen LogP contribution >= 0.6 is 10.7 Å². The van der Waals surface area contributed by atoms with Gasteiger partial charge in [-0.25, -0.2) is 30.8 Å². The third-order valence-electron chi connectivity index (χ3n) is 9.78. The number of nitrogens with zero attached hydrogens (tertiary/aromatic N) is 5. The zero-order valence-electron chi connectivity index (χ0n) is 30.9. The van der Waals surface area contributed by atoms with Gasteiger partial charge in [0.25, 0.3) is 19.1 Å². The van der Waals surface area contributed by atoms with Crippen molar-refractivity contribution in [2.45, 2.75) is 101 Å². The van der Waals surface area contributed by atoms with Crippen LogP contribution in [0.1, 0.15) is 78.9 Å². The van der Waals surface area contributed by atoms with E-state index in [-0.39, 0.29) is 20.6 Å². The zero-order valence-corrected chi connectivity index (χ0v) is 33.3. The minimum atomic E-state index is -3.75. The Balaban J connectivity index is 0.000000181. The van der Waals surface area contributed by atoms with E-state index in [1.807, 2.05) is 12.1 Å². The zero-order chi connectivity index (χ0) is 37.5. The third-order valence-corrected chi connectivity index (χ3v) is 12.8. The molecule has 2 aliphatic heterocycles. The van der Waals surface area contributed by atoms with Crippen LogP contribution < -0.4 is 0 Å². The molecular formula is C38H50ClN5O6S2. The summed E-state index contributed by atoms with van der Waals surface area (Å²) in [6, 6.07) is 13.6. The molecule has 5 aromatic rings. The summed E-state index contributed by atoms with van der Waals surface area (Å²) in [5, 5.41) is 0. The van der Waals surface area contributed by atoms with Gasteiger partial charge >= 0.3 is 0 Å². The van der Waals surface area contributed by atoms with E-state index in [1.54, 1.807) is 48.8 Å². The van der Waals surface area contributed by atoms with Gasteiger partial charge in [0.2, 0.25) is 0 Å². The summed E-state index contributed by atoms with van der Waals surface area (Å²) in [6.07, 6.45) is 7.26. The molecule has 0 amide bonds. The van der Waals surface area contributed by atoms with Crippen molar-refractivity contribution in [3.8, 4) is 0 Å². The second-order valence-corrected chi connectivity index (χ2v) is 20.4. The molecule has 3 aromatic heterocycles. The molecule has 0 atom stereocenters. The lowest BCUT2D eigenvalue weighted by Crippen LogP contribution is -2.25. The minimum absolute atomic E-state index is 0.0906. The van der Waals surface area contributed by atoms with Crippen LogP contribution in [0.25, 0.3) is 22.1 Å². The molecule has 11 nitrogen and oxygen atoms in total. The Hall–Kier alpha value is -3.23. The second kappa shape index (κ2) is 14.9. The number of aromatic nitrogens is 5. The first-order valence-electron chi connectivity index (χ1n) is 17.9. The predicted octanol–water partition coefficient (Wildman–Crippen LogP) is 7.49. The van der Waals surface area contributed by atoms with Crippen molar-refractivity contribution in [2.24, 2.45) is 11.8 Å². The quantitative estimate of drug-likeness (QED) is 0.156. The maximum Gasteiger partial charge on any atom is 0.267 e. The molecule has 282 valence electrons. The van der Waals surface area contributed by atoms with Crippen molar-refractivity contribution in [1.82, 2.24) is 23.1 Å². The van der Waals surface area contributed by atoms with Crippen LogP contribution in [0.4, 0.5) is 0 Å². The van der Waals surface area contributed by atoms with E-state index in [0.717, 1.165) is 93.4 Å². The molecule has 52 heavy (non-hydrogen) atoms. The molecule has 2 saturated heterocycles. The lowest BCUT2D eigenvalue weighted by Gasteiger charge is -2.26. The lowest BCUT2D eigenvalue weighted by atomic mass is 9.94. The first-order valence-corrected chi connectivity index (χ1v) is 21.7. The average molecular weight is 772 g/mol. The molecule has 0 N–H and O–H groups in total. The van der Waals surface area contributed by atoms with Crippen LogP contribution in [0, 0.1) is 11.8 Å². The SMILES string of the molecule is CC(C)(C)c1nc2cc(S(=O)(=O)Cl)ccc2n1CC1CCOCC1.CC(C)(C)c1nc2cc(S(=O)(=O)n3cccc3)ccc2n1CC1CCOCC1. The van der Waals surface area contributed by atoms with Crippen molar-refractivity contribution in [1.29, 1.82) is 0 Å². The fourth-order valence-electron chi connectivity index (χ4n) is 7.02. The average Bonchev–Trinajstić information content (AvgIpc) is 3.84. The first-order chi connectivity index (χ1) is 24.4. The molecule has 0 unspecified atom stereocenters. The summed E-state index contributed by atoms with van der Waals surface area (Å²) in [7, 11) is -1.88. The van der Waals surface area contributed by atoms with Crippen molar-refractivity contribution >= 4 is 51.8 Å². The number of hydrogen-bond acceptors (Lipinski definition) is 8. The Morgan fingerprint density at radius 1 is 0.673 bits per heavy atom. The Bertz CT molecular complexity index is 2240. The van der Waals surface area contributed by atoms with Crippen LogP contribution in [-0.2, 0) is 52.5 Å². The van der Waals surface area contributed by atoms with E-state index < -0.39 is 19.1 Å². The smallest absolute Gasteiger partial charge is 0.267 e. The van der Waals surface area contributed by atoms with Gasteiger partial charge in [-0.3, -0.25) is 0 Å². The highest BCUT2D eigenvalue weighted by molar-refractivity contribution is 8.13. The van der Waals surface area contributed by atoms with E-state index in [1.165, 1.54) is 3.97 Å². The molecule has 0 bridgehead atoms. The molecule has 2 aliphatic rings. The molecule has 5 heterocycles. The Labute approximate surface area is 311 Å². The van der Waals surface area contributed by atoms with Crippen molar-refractivity contribution in [3.05, 3.63) is 72.6 Å². The van der Waals surface area contributed by atoms with Gasteiger partial charge in [-0.15, -0.1) is 0 Å². The molecular weight excluding hydrogens is 722 g/mol. The Kier molecular flexibility index (Phi) is 11.0. The van der Waals surface area contributed by atoms with Gasteiger partial charge in [-0.1, -0.05) is 41.5 Å². The van der Waals surface area contributed by atoms with Crippen LogP contribution in [0.5, 0.6) is 0 Å². The number of imidazole rings is 2. The number of rotatable bonds is 7. The first kappa shape index (κ1) is 38.5. The highest BCUT2D eigenvalue weighted by Crippen LogP contribution is 2.32. The summed E-state index contributed by atoms with van der Waals surface area (Å²) in [5.74, 6) is 3.06. The summed E-state index contributed by atoms with van der Waals surface area (Å²) in [4.78, 5) is 9.94.